The number of nitrogens with one attached hydrogen (secondary N) is 2. The monoisotopic (exact) mass is 404 g/mol. The minimum absolute atomic E-state index is 0.391. The van der Waals surface area contributed by atoms with Crippen molar-refractivity contribution in [1.82, 2.24) is 4.90 Å². The summed E-state index contributed by atoms with van der Waals surface area (Å²) >= 11 is 0. The number of oxime groups is 1. The maximum atomic E-state index is 11.9. The van der Waals surface area contributed by atoms with Gasteiger partial charge in [0.15, 0.2) is 0 Å². The van der Waals surface area contributed by atoms with E-state index in [-0.39, 0.29) is 0 Å². The van der Waals surface area contributed by atoms with Crippen molar-refractivity contribution >= 4 is 17.1 Å². The van der Waals surface area contributed by atoms with Gasteiger partial charge in [0.1, 0.15) is 18.0 Å². The van der Waals surface area contributed by atoms with E-state index in [0.717, 1.165) is 38.3 Å². The molecule has 0 aromatic heterocycles. The second-order valence-corrected chi connectivity index (χ2v) is 8.57. The topological polar surface area (TPSA) is 83.0 Å². The Hall–Kier alpha value is -1.89. The van der Waals surface area contributed by atoms with Crippen LogP contribution in [0.4, 0.5) is 11.4 Å². The van der Waals surface area contributed by atoms with E-state index in [1.807, 2.05) is 6.92 Å². The lowest BCUT2D eigenvalue weighted by Gasteiger charge is -2.25. The van der Waals surface area contributed by atoms with E-state index in [9.17, 15) is 9.59 Å². The molecule has 1 aromatic carbocycles. The zero-order valence-electron chi connectivity index (χ0n) is 17.8. The maximum absolute atomic E-state index is 11.9. The molecule has 2 aliphatic rings. The normalized spacial score (nSPS) is 19.4. The molecule has 162 valence electrons. The highest BCUT2D eigenvalue weighted by molar-refractivity contribution is 5.83. The van der Waals surface area contributed by atoms with Crippen LogP contribution < -0.4 is 21.5 Å². The fourth-order valence-electron chi connectivity index (χ4n) is 4.34. The molecular weight excluding hydrogens is 368 g/mol. The molecule has 0 amide bonds. The summed E-state index contributed by atoms with van der Waals surface area (Å²) in [5.41, 5.74) is 1.11. The van der Waals surface area contributed by atoms with Crippen LogP contribution in [0.15, 0.2) is 14.7 Å². The Morgan fingerprint density at radius 2 is 1.66 bits per heavy atom. The molecule has 1 aliphatic carbocycles. The average Bonchev–Trinajstić information content (AvgIpc) is 2.75. The van der Waals surface area contributed by atoms with Gasteiger partial charge in [0.2, 0.25) is 0 Å². The third-order valence-electron chi connectivity index (χ3n) is 6.04. The standard InChI is InChI=1S/C22H36N4O3/c1-17(16-26-12-6-3-7-13-26)25-29-14-8-11-23-19-20(22(28)21(19)27)24-15-18-9-4-2-5-10-18/h18,23-24H,2-16H2,1H3/b25-17+. The van der Waals surface area contributed by atoms with Crippen molar-refractivity contribution in [3.63, 3.8) is 0 Å². The first-order valence-corrected chi connectivity index (χ1v) is 11.3. The van der Waals surface area contributed by atoms with Crippen molar-refractivity contribution in [2.75, 3.05) is 50.0 Å². The number of likely N-dealkylation sites (tertiary alicyclic amines) is 1. The number of piperidine rings is 1. The molecule has 3 rings (SSSR count). The summed E-state index contributed by atoms with van der Waals surface area (Å²) in [4.78, 5) is 31.5. The van der Waals surface area contributed by atoms with E-state index >= 15 is 0 Å². The van der Waals surface area contributed by atoms with Crippen LogP contribution in [0, 0.1) is 5.92 Å². The van der Waals surface area contributed by atoms with Crippen molar-refractivity contribution in [3.05, 3.63) is 20.4 Å². The summed E-state index contributed by atoms with van der Waals surface area (Å²) in [6, 6.07) is 0. The lowest BCUT2D eigenvalue weighted by atomic mass is 9.89. The Balaban J connectivity index is 1.32. The summed E-state index contributed by atoms with van der Waals surface area (Å²) < 4.78 is 0. The molecule has 2 fully saturated rings. The van der Waals surface area contributed by atoms with Crippen LogP contribution >= 0.6 is 0 Å². The first-order chi connectivity index (χ1) is 14.1. The van der Waals surface area contributed by atoms with Crippen LogP contribution in [0.1, 0.15) is 64.7 Å². The van der Waals surface area contributed by atoms with E-state index < -0.39 is 10.9 Å². The Morgan fingerprint density at radius 1 is 1.00 bits per heavy atom. The van der Waals surface area contributed by atoms with Gasteiger partial charge in [-0.15, -0.1) is 0 Å². The Morgan fingerprint density at radius 3 is 2.38 bits per heavy atom. The zero-order valence-corrected chi connectivity index (χ0v) is 17.8. The molecule has 0 radical (unpaired) electrons. The molecule has 7 heteroatoms. The highest BCUT2D eigenvalue weighted by Gasteiger charge is 2.22. The van der Waals surface area contributed by atoms with Crippen LogP contribution in [-0.2, 0) is 4.84 Å². The van der Waals surface area contributed by atoms with Crippen molar-refractivity contribution in [1.29, 1.82) is 0 Å². The predicted octanol–water partition coefficient (Wildman–Crippen LogP) is 2.96. The first-order valence-electron chi connectivity index (χ1n) is 11.3. The highest BCUT2D eigenvalue weighted by atomic mass is 16.6. The number of nitrogens with zero attached hydrogens (tertiary/aromatic N) is 2. The smallest absolute Gasteiger partial charge is 0.253 e. The van der Waals surface area contributed by atoms with Crippen LogP contribution in [0.25, 0.3) is 0 Å². The Kier molecular flexibility index (Phi) is 8.52. The number of rotatable bonds is 11. The Labute approximate surface area is 173 Å². The molecule has 7 nitrogen and oxygen atoms in total. The minimum atomic E-state index is -0.410. The molecule has 1 saturated carbocycles. The summed E-state index contributed by atoms with van der Waals surface area (Å²) in [6.07, 6.45) is 10.9. The van der Waals surface area contributed by atoms with Crippen molar-refractivity contribution in [3.8, 4) is 0 Å². The second kappa shape index (κ2) is 11.3. The van der Waals surface area contributed by atoms with Crippen molar-refractivity contribution in [2.45, 2.75) is 64.7 Å². The van der Waals surface area contributed by atoms with E-state index in [0.29, 0.717) is 30.4 Å². The predicted molar refractivity (Wildman–Crippen MR) is 119 cm³/mol. The molecule has 29 heavy (non-hydrogen) atoms. The average molecular weight is 405 g/mol. The van der Waals surface area contributed by atoms with Gasteiger partial charge in [0.25, 0.3) is 10.9 Å². The molecule has 0 spiro atoms. The van der Waals surface area contributed by atoms with Crippen LogP contribution in [0.3, 0.4) is 0 Å². The second-order valence-electron chi connectivity index (χ2n) is 8.57. The third-order valence-corrected chi connectivity index (χ3v) is 6.04. The van der Waals surface area contributed by atoms with Crippen molar-refractivity contribution < 1.29 is 4.84 Å². The van der Waals surface area contributed by atoms with Crippen LogP contribution in [0.5, 0.6) is 0 Å². The molecule has 0 atom stereocenters. The molecule has 0 bridgehead atoms. The van der Waals surface area contributed by atoms with Gasteiger partial charge in [0, 0.05) is 26.1 Å². The quantitative estimate of drug-likeness (QED) is 0.255. The summed E-state index contributed by atoms with van der Waals surface area (Å²) in [5, 5.41) is 10.5. The summed E-state index contributed by atoms with van der Waals surface area (Å²) in [7, 11) is 0. The van der Waals surface area contributed by atoms with E-state index in [4.69, 9.17) is 4.84 Å². The number of anilines is 2. The van der Waals surface area contributed by atoms with Gasteiger partial charge in [-0.25, -0.2) is 0 Å². The van der Waals surface area contributed by atoms with Crippen molar-refractivity contribution in [2.24, 2.45) is 11.1 Å². The minimum Gasteiger partial charge on any atom is -0.396 e. The molecule has 1 saturated heterocycles. The fraction of sp³-hybridized carbons (Fsp3) is 0.773. The third kappa shape index (κ3) is 6.56. The maximum Gasteiger partial charge on any atom is 0.253 e. The number of hydrogen-bond donors (Lipinski definition) is 2. The highest BCUT2D eigenvalue weighted by Crippen LogP contribution is 2.24. The van der Waals surface area contributed by atoms with Gasteiger partial charge in [0.05, 0.1) is 5.71 Å². The molecule has 1 aliphatic heterocycles. The van der Waals surface area contributed by atoms with Gasteiger partial charge >= 0.3 is 0 Å². The molecule has 2 N–H and O–H groups in total. The van der Waals surface area contributed by atoms with Gasteiger partial charge in [-0.1, -0.05) is 30.8 Å². The van der Waals surface area contributed by atoms with E-state index in [2.05, 4.69) is 20.7 Å². The Bertz CT molecular complexity index is 727. The molecule has 1 aromatic rings. The van der Waals surface area contributed by atoms with Gasteiger partial charge in [-0.3, -0.25) is 14.5 Å². The van der Waals surface area contributed by atoms with Gasteiger partial charge in [-0.05, 0) is 51.6 Å². The summed E-state index contributed by atoms with van der Waals surface area (Å²) in [5.74, 6) is 0.612. The van der Waals surface area contributed by atoms with Crippen LogP contribution in [0.2, 0.25) is 0 Å². The van der Waals surface area contributed by atoms with E-state index in [1.165, 1.54) is 51.4 Å². The summed E-state index contributed by atoms with van der Waals surface area (Å²) in [6.45, 7) is 7.03. The lowest BCUT2D eigenvalue weighted by Crippen LogP contribution is -2.38. The van der Waals surface area contributed by atoms with Gasteiger partial charge < -0.3 is 15.5 Å². The zero-order chi connectivity index (χ0) is 20.5. The van der Waals surface area contributed by atoms with Crippen LogP contribution in [-0.4, -0.2) is 49.9 Å². The van der Waals surface area contributed by atoms with Gasteiger partial charge in [-0.2, -0.15) is 0 Å². The number of hydrogen-bond acceptors (Lipinski definition) is 7. The molecule has 0 unspecified atom stereocenters. The molecule has 1 heterocycles. The lowest BCUT2D eigenvalue weighted by molar-refractivity contribution is 0.141. The van der Waals surface area contributed by atoms with E-state index in [1.54, 1.807) is 0 Å². The molecular formula is C22H36N4O3. The largest absolute Gasteiger partial charge is 0.396 e. The first kappa shape index (κ1) is 21.8. The SMILES string of the molecule is C/C(CN1CCCCC1)=N\OCCCNc1c(NCC2CCCCC2)c(=O)c1=O. The fourth-order valence-corrected chi connectivity index (χ4v) is 4.34.